The van der Waals surface area contributed by atoms with E-state index in [0.717, 1.165) is 0 Å². The van der Waals surface area contributed by atoms with Gasteiger partial charge in [0, 0.05) is 12.8 Å². The predicted molar refractivity (Wildman–Crippen MR) is 65.2 cm³/mol. The van der Waals surface area contributed by atoms with E-state index < -0.39 is 41.0 Å². The van der Waals surface area contributed by atoms with Crippen molar-refractivity contribution in [2.24, 2.45) is 0 Å². The molecular weight excluding hydrogens is 319 g/mol. The summed E-state index contributed by atoms with van der Waals surface area (Å²) in [7, 11) is -5.81. The Bertz CT molecular complexity index is 528. The van der Waals surface area contributed by atoms with Crippen LogP contribution in [-0.2, 0) is 20.7 Å². The molecule has 0 fully saturated rings. The second kappa shape index (κ2) is 7.17. The molecule has 0 aliphatic carbocycles. The molecule has 21 heavy (non-hydrogen) atoms. The highest BCUT2D eigenvalue weighted by molar-refractivity contribution is 7.87. The van der Waals surface area contributed by atoms with E-state index >= 15 is 0 Å². The lowest BCUT2D eigenvalue weighted by Gasteiger charge is -2.18. The summed E-state index contributed by atoms with van der Waals surface area (Å²) < 4.78 is 87.2. The minimum absolute atomic E-state index is 0.205. The Morgan fingerprint density at radius 2 is 1.62 bits per heavy atom. The Morgan fingerprint density at radius 3 is 2.10 bits per heavy atom. The summed E-state index contributed by atoms with van der Waals surface area (Å²) in [6.07, 6.45) is -5.69. The Hall–Kier alpha value is -1.22. The fourth-order valence-corrected chi connectivity index (χ4v) is 2.24. The van der Waals surface area contributed by atoms with Gasteiger partial charge in [-0.05, 0) is 12.0 Å². The SMILES string of the molecule is O=S(=O)(OC(CCC(F)F)Cc1ccccc1)C(F)(F)F. The summed E-state index contributed by atoms with van der Waals surface area (Å²) >= 11 is 0. The number of benzene rings is 1. The molecule has 1 aromatic rings. The molecule has 0 spiro atoms. The molecule has 0 aromatic heterocycles. The summed E-state index contributed by atoms with van der Waals surface area (Å²) in [6, 6.07) is 7.93. The lowest BCUT2D eigenvalue weighted by atomic mass is 10.0. The number of hydrogen-bond donors (Lipinski definition) is 0. The first-order valence-electron chi connectivity index (χ1n) is 5.93. The molecule has 120 valence electrons. The van der Waals surface area contributed by atoms with E-state index in [4.69, 9.17) is 0 Å². The maximum Gasteiger partial charge on any atom is 0.523 e. The van der Waals surface area contributed by atoms with Gasteiger partial charge >= 0.3 is 15.6 Å². The third kappa shape index (κ3) is 5.96. The third-order valence-electron chi connectivity index (χ3n) is 2.56. The fraction of sp³-hybridized carbons (Fsp3) is 0.500. The third-order valence-corrected chi connectivity index (χ3v) is 3.65. The molecule has 0 radical (unpaired) electrons. The zero-order valence-corrected chi connectivity index (χ0v) is 11.5. The van der Waals surface area contributed by atoms with Crippen molar-refractivity contribution in [3.8, 4) is 0 Å². The van der Waals surface area contributed by atoms with Crippen molar-refractivity contribution in [1.29, 1.82) is 0 Å². The molecule has 0 bridgehead atoms. The van der Waals surface area contributed by atoms with Crippen LogP contribution in [0.5, 0.6) is 0 Å². The first-order valence-corrected chi connectivity index (χ1v) is 7.34. The maximum absolute atomic E-state index is 12.3. The topological polar surface area (TPSA) is 43.4 Å². The Kier molecular flexibility index (Phi) is 6.09. The first kappa shape index (κ1) is 17.8. The molecule has 1 unspecified atom stereocenters. The van der Waals surface area contributed by atoms with Gasteiger partial charge < -0.3 is 0 Å². The van der Waals surface area contributed by atoms with Crippen LogP contribution in [0.1, 0.15) is 18.4 Å². The van der Waals surface area contributed by atoms with Gasteiger partial charge in [-0.15, -0.1) is 0 Å². The van der Waals surface area contributed by atoms with Gasteiger partial charge in [-0.25, -0.2) is 8.78 Å². The minimum Gasteiger partial charge on any atom is -0.259 e. The van der Waals surface area contributed by atoms with E-state index in [1.54, 1.807) is 30.3 Å². The van der Waals surface area contributed by atoms with Gasteiger partial charge in [0.25, 0.3) is 0 Å². The molecule has 1 rings (SSSR count). The molecule has 0 saturated heterocycles. The number of alkyl halides is 5. The summed E-state index contributed by atoms with van der Waals surface area (Å²) in [4.78, 5) is 0. The van der Waals surface area contributed by atoms with Crippen molar-refractivity contribution >= 4 is 10.1 Å². The Morgan fingerprint density at radius 1 is 1.05 bits per heavy atom. The van der Waals surface area contributed by atoms with Crippen molar-refractivity contribution in [3.63, 3.8) is 0 Å². The van der Waals surface area contributed by atoms with Gasteiger partial charge in [0.15, 0.2) is 0 Å². The van der Waals surface area contributed by atoms with Crippen LogP contribution in [0.3, 0.4) is 0 Å². The maximum atomic E-state index is 12.3. The van der Waals surface area contributed by atoms with E-state index in [1.165, 1.54) is 0 Å². The van der Waals surface area contributed by atoms with Gasteiger partial charge in [-0.1, -0.05) is 30.3 Å². The minimum atomic E-state index is -5.81. The van der Waals surface area contributed by atoms with Gasteiger partial charge in [0.05, 0.1) is 6.10 Å². The second-order valence-corrected chi connectivity index (χ2v) is 5.84. The van der Waals surface area contributed by atoms with Crippen LogP contribution in [0.25, 0.3) is 0 Å². The zero-order valence-electron chi connectivity index (χ0n) is 10.7. The molecule has 1 aromatic carbocycles. The molecule has 0 aliphatic heterocycles. The lowest BCUT2D eigenvalue weighted by Crippen LogP contribution is -2.31. The van der Waals surface area contributed by atoms with E-state index in [1.807, 2.05) is 0 Å². The highest BCUT2D eigenvalue weighted by atomic mass is 32.2. The number of rotatable bonds is 7. The summed E-state index contributed by atoms with van der Waals surface area (Å²) in [5.41, 5.74) is -5.08. The smallest absolute Gasteiger partial charge is 0.259 e. The van der Waals surface area contributed by atoms with Gasteiger partial charge in [0.2, 0.25) is 6.43 Å². The van der Waals surface area contributed by atoms with Crippen molar-refractivity contribution in [2.45, 2.75) is 37.3 Å². The average Bonchev–Trinajstić information content (AvgIpc) is 2.35. The predicted octanol–water partition coefficient (Wildman–Crippen LogP) is 3.51. The van der Waals surface area contributed by atoms with Gasteiger partial charge in [-0.2, -0.15) is 21.6 Å². The van der Waals surface area contributed by atoms with Crippen molar-refractivity contribution in [3.05, 3.63) is 35.9 Å². The molecule has 9 heteroatoms. The first-order chi connectivity index (χ1) is 9.62. The van der Waals surface area contributed by atoms with Crippen molar-refractivity contribution in [1.82, 2.24) is 0 Å². The number of hydrogen-bond acceptors (Lipinski definition) is 3. The summed E-state index contributed by atoms with van der Waals surface area (Å²) in [5.74, 6) is 0. The van der Waals surface area contributed by atoms with Crippen LogP contribution in [-0.4, -0.2) is 26.5 Å². The quantitative estimate of drug-likeness (QED) is 0.436. The van der Waals surface area contributed by atoms with Crippen LogP contribution < -0.4 is 0 Å². The van der Waals surface area contributed by atoms with Crippen molar-refractivity contribution in [2.75, 3.05) is 0 Å². The average molecular weight is 332 g/mol. The van der Waals surface area contributed by atoms with Crippen LogP contribution in [0.2, 0.25) is 0 Å². The lowest BCUT2D eigenvalue weighted by molar-refractivity contribution is -0.0579. The molecule has 0 N–H and O–H groups in total. The molecule has 0 saturated carbocycles. The number of halogens is 5. The van der Waals surface area contributed by atoms with E-state index in [-0.39, 0.29) is 6.42 Å². The van der Waals surface area contributed by atoms with Crippen LogP contribution in [0.15, 0.2) is 30.3 Å². The second-order valence-electron chi connectivity index (χ2n) is 4.28. The van der Waals surface area contributed by atoms with Gasteiger partial charge in [-0.3, -0.25) is 4.18 Å². The Labute approximate surface area is 118 Å². The summed E-state index contributed by atoms with van der Waals surface area (Å²) in [6.45, 7) is 0. The molecule has 3 nitrogen and oxygen atoms in total. The molecule has 1 atom stereocenters. The van der Waals surface area contributed by atoms with E-state index in [0.29, 0.717) is 5.56 Å². The standard InChI is InChI=1S/C12H13F5O3S/c13-11(14)7-6-10(8-9-4-2-1-3-5-9)20-21(18,19)12(15,16)17/h1-5,10-11H,6-8H2. The molecule has 0 aliphatic rings. The Balaban J connectivity index is 2.83. The highest BCUT2D eigenvalue weighted by Crippen LogP contribution is 2.27. The van der Waals surface area contributed by atoms with E-state index in [9.17, 15) is 30.4 Å². The molecule has 0 amide bonds. The largest absolute Gasteiger partial charge is 0.523 e. The molecule has 0 heterocycles. The summed E-state index contributed by atoms with van der Waals surface area (Å²) in [5, 5.41) is 0. The van der Waals surface area contributed by atoms with Crippen molar-refractivity contribution < 1.29 is 34.6 Å². The normalized spacial score (nSPS) is 14.4. The monoisotopic (exact) mass is 332 g/mol. The zero-order chi connectivity index (χ0) is 16.1. The van der Waals surface area contributed by atoms with Crippen LogP contribution >= 0.6 is 0 Å². The van der Waals surface area contributed by atoms with Gasteiger partial charge in [0.1, 0.15) is 0 Å². The fourth-order valence-electron chi connectivity index (χ4n) is 1.61. The highest BCUT2D eigenvalue weighted by Gasteiger charge is 2.48. The van der Waals surface area contributed by atoms with Crippen LogP contribution in [0, 0.1) is 0 Å². The van der Waals surface area contributed by atoms with Crippen LogP contribution in [0.4, 0.5) is 22.0 Å². The molecular formula is C12H13F5O3S. The van der Waals surface area contributed by atoms with E-state index in [2.05, 4.69) is 4.18 Å².